The molecule has 0 spiro atoms. The number of hydrogen-bond acceptors (Lipinski definition) is 4. The Morgan fingerprint density at radius 3 is 2.53 bits per heavy atom. The number of nitrogens with two attached hydrogens (primary N) is 1. The summed E-state index contributed by atoms with van der Waals surface area (Å²) in [6.07, 6.45) is 0. The zero-order valence-electron chi connectivity index (χ0n) is 10.7. The molecule has 0 bridgehead atoms. The first-order valence-corrected chi connectivity index (χ1v) is 5.41. The molecule has 0 aromatic heterocycles. The van der Waals surface area contributed by atoms with Crippen molar-refractivity contribution < 1.29 is 14.3 Å². The number of esters is 1. The molecule has 1 atom stereocenters. The first-order valence-electron chi connectivity index (χ1n) is 5.41. The number of ether oxygens (including phenoxy) is 2. The monoisotopic (exact) mass is 237 g/mol. The highest BCUT2D eigenvalue weighted by Gasteiger charge is 2.36. The molecule has 0 amide bonds. The number of carbonyl (C=O) groups excluding carboxylic acids is 1. The Morgan fingerprint density at radius 1 is 1.35 bits per heavy atom. The molecule has 0 saturated carbocycles. The van der Waals surface area contributed by atoms with E-state index < -0.39 is 11.5 Å². The van der Waals surface area contributed by atoms with Gasteiger partial charge in [0.25, 0.3) is 0 Å². The van der Waals surface area contributed by atoms with Gasteiger partial charge in [-0.2, -0.15) is 0 Å². The molecule has 1 aromatic rings. The largest absolute Gasteiger partial charge is 0.497 e. The molecule has 0 saturated heterocycles. The standard InChI is InChI=1S/C13H19NO3/c1-13(2,12(15)17-4)11(14)9-6-5-7-10(8-9)16-3/h5-8,11H,14H2,1-4H3. The van der Waals surface area contributed by atoms with E-state index in [0.29, 0.717) is 0 Å². The fraction of sp³-hybridized carbons (Fsp3) is 0.462. The summed E-state index contributed by atoms with van der Waals surface area (Å²) in [4.78, 5) is 11.7. The van der Waals surface area contributed by atoms with Crippen molar-refractivity contribution in [3.05, 3.63) is 29.8 Å². The molecule has 0 fully saturated rings. The molecule has 4 heteroatoms. The second-order valence-electron chi connectivity index (χ2n) is 4.47. The number of hydrogen-bond donors (Lipinski definition) is 1. The van der Waals surface area contributed by atoms with Crippen molar-refractivity contribution in [3.8, 4) is 5.75 Å². The summed E-state index contributed by atoms with van der Waals surface area (Å²) in [6, 6.07) is 6.95. The topological polar surface area (TPSA) is 61.5 Å². The minimum absolute atomic E-state index is 0.326. The Morgan fingerprint density at radius 2 is 2.00 bits per heavy atom. The lowest BCUT2D eigenvalue weighted by Gasteiger charge is -2.29. The smallest absolute Gasteiger partial charge is 0.313 e. The summed E-state index contributed by atoms with van der Waals surface area (Å²) in [7, 11) is 2.96. The molecular formula is C13H19NO3. The van der Waals surface area contributed by atoms with Crippen LogP contribution in [-0.2, 0) is 9.53 Å². The SMILES string of the molecule is COC(=O)C(C)(C)C(N)c1cccc(OC)c1. The lowest BCUT2D eigenvalue weighted by Crippen LogP contribution is -2.37. The van der Waals surface area contributed by atoms with Crippen molar-refractivity contribution in [1.29, 1.82) is 0 Å². The van der Waals surface area contributed by atoms with Crippen LogP contribution in [0.15, 0.2) is 24.3 Å². The van der Waals surface area contributed by atoms with Crippen LogP contribution in [0, 0.1) is 5.41 Å². The van der Waals surface area contributed by atoms with Gasteiger partial charge < -0.3 is 15.2 Å². The lowest BCUT2D eigenvalue weighted by atomic mass is 9.81. The highest BCUT2D eigenvalue weighted by Crippen LogP contribution is 2.33. The highest BCUT2D eigenvalue weighted by molar-refractivity contribution is 5.77. The van der Waals surface area contributed by atoms with Crippen molar-refractivity contribution in [1.82, 2.24) is 0 Å². The molecule has 1 aromatic carbocycles. The summed E-state index contributed by atoms with van der Waals surface area (Å²) in [5.74, 6) is 0.395. The highest BCUT2D eigenvalue weighted by atomic mass is 16.5. The maximum atomic E-state index is 11.7. The van der Waals surface area contributed by atoms with Gasteiger partial charge in [-0.3, -0.25) is 4.79 Å². The predicted octanol–water partition coefficient (Wildman–Crippen LogP) is 1.89. The average Bonchev–Trinajstić information content (AvgIpc) is 2.36. The molecule has 1 rings (SSSR count). The van der Waals surface area contributed by atoms with E-state index in [2.05, 4.69) is 0 Å². The molecule has 0 radical (unpaired) electrons. The quantitative estimate of drug-likeness (QED) is 0.812. The number of carbonyl (C=O) groups is 1. The van der Waals surface area contributed by atoms with Crippen molar-refractivity contribution in [3.63, 3.8) is 0 Å². The Kier molecular flexibility index (Phi) is 4.12. The van der Waals surface area contributed by atoms with Crippen LogP contribution < -0.4 is 10.5 Å². The maximum Gasteiger partial charge on any atom is 0.313 e. The third-order valence-electron chi connectivity index (χ3n) is 2.94. The van der Waals surface area contributed by atoms with Crippen molar-refractivity contribution in [2.75, 3.05) is 14.2 Å². The Hall–Kier alpha value is -1.55. The fourth-order valence-electron chi connectivity index (χ4n) is 1.64. The molecule has 94 valence electrons. The molecular weight excluding hydrogens is 218 g/mol. The van der Waals surface area contributed by atoms with Gasteiger partial charge in [0, 0.05) is 6.04 Å². The second kappa shape index (κ2) is 5.19. The van der Waals surface area contributed by atoms with Gasteiger partial charge in [0.2, 0.25) is 0 Å². The van der Waals surface area contributed by atoms with Crippen LogP contribution in [0.5, 0.6) is 5.75 Å². The first kappa shape index (κ1) is 13.5. The second-order valence-corrected chi connectivity index (χ2v) is 4.47. The van der Waals surface area contributed by atoms with Crippen LogP contribution in [0.1, 0.15) is 25.5 Å². The van der Waals surface area contributed by atoms with E-state index in [1.54, 1.807) is 21.0 Å². The molecule has 4 nitrogen and oxygen atoms in total. The molecule has 0 aliphatic heterocycles. The van der Waals surface area contributed by atoms with E-state index in [9.17, 15) is 4.79 Å². The minimum atomic E-state index is -0.777. The van der Waals surface area contributed by atoms with E-state index in [0.717, 1.165) is 11.3 Å². The van der Waals surface area contributed by atoms with Crippen LogP contribution in [0.25, 0.3) is 0 Å². The molecule has 17 heavy (non-hydrogen) atoms. The van der Waals surface area contributed by atoms with Crippen LogP contribution >= 0.6 is 0 Å². The Labute approximate surface area is 102 Å². The van der Waals surface area contributed by atoms with Crippen molar-refractivity contribution in [2.45, 2.75) is 19.9 Å². The van der Waals surface area contributed by atoms with Gasteiger partial charge in [0.1, 0.15) is 5.75 Å². The maximum absolute atomic E-state index is 11.7. The van der Waals surface area contributed by atoms with Gasteiger partial charge in [0.05, 0.1) is 19.6 Å². The average molecular weight is 237 g/mol. The van der Waals surface area contributed by atoms with Gasteiger partial charge in [-0.25, -0.2) is 0 Å². The van der Waals surface area contributed by atoms with Crippen LogP contribution in [0.3, 0.4) is 0 Å². The van der Waals surface area contributed by atoms with Gasteiger partial charge in [-0.15, -0.1) is 0 Å². The van der Waals surface area contributed by atoms with Gasteiger partial charge >= 0.3 is 5.97 Å². The normalized spacial score (nSPS) is 13.0. The number of rotatable bonds is 4. The molecule has 0 aliphatic rings. The van der Waals surface area contributed by atoms with E-state index in [1.165, 1.54) is 7.11 Å². The molecule has 0 aliphatic carbocycles. The predicted molar refractivity (Wildman–Crippen MR) is 65.7 cm³/mol. The lowest BCUT2D eigenvalue weighted by molar-refractivity contribution is -0.152. The van der Waals surface area contributed by atoms with Crippen LogP contribution in [0.4, 0.5) is 0 Å². The molecule has 2 N–H and O–H groups in total. The zero-order valence-corrected chi connectivity index (χ0v) is 10.7. The first-order chi connectivity index (χ1) is 7.93. The van der Waals surface area contributed by atoms with E-state index in [1.807, 2.05) is 24.3 Å². The Balaban J connectivity index is 3.02. The summed E-state index contributed by atoms with van der Waals surface area (Å²) < 4.78 is 9.90. The minimum Gasteiger partial charge on any atom is -0.497 e. The van der Waals surface area contributed by atoms with Crippen molar-refractivity contribution >= 4 is 5.97 Å². The summed E-state index contributed by atoms with van der Waals surface area (Å²) in [5, 5.41) is 0. The van der Waals surface area contributed by atoms with Crippen LogP contribution in [0.2, 0.25) is 0 Å². The Bertz CT molecular complexity index is 401. The summed E-state index contributed by atoms with van der Waals surface area (Å²) in [5.41, 5.74) is 6.19. The van der Waals surface area contributed by atoms with Crippen LogP contribution in [-0.4, -0.2) is 20.2 Å². The van der Waals surface area contributed by atoms with E-state index >= 15 is 0 Å². The number of methoxy groups -OCH3 is 2. The molecule has 0 heterocycles. The van der Waals surface area contributed by atoms with E-state index in [4.69, 9.17) is 15.2 Å². The zero-order chi connectivity index (χ0) is 13.1. The third kappa shape index (κ3) is 2.77. The van der Waals surface area contributed by atoms with E-state index in [-0.39, 0.29) is 5.97 Å². The number of benzene rings is 1. The van der Waals surface area contributed by atoms with Crippen molar-refractivity contribution in [2.24, 2.45) is 11.1 Å². The van der Waals surface area contributed by atoms with Gasteiger partial charge in [0.15, 0.2) is 0 Å². The summed E-state index contributed by atoms with van der Waals surface area (Å²) >= 11 is 0. The summed E-state index contributed by atoms with van der Waals surface area (Å²) in [6.45, 7) is 3.53. The fourth-order valence-corrected chi connectivity index (χ4v) is 1.64. The van der Waals surface area contributed by atoms with Gasteiger partial charge in [-0.05, 0) is 31.5 Å². The molecule has 1 unspecified atom stereocenters. The third-order valence-corrected chi connectivity index (χ3v) is 2.94. The van der Waals surface area contributed by atoms with Gasteiger partial charge in [-0.1, -0.05) is 12.1 Å².